The molecule has 0 fully saturated rings. The molecule has 0 aliphatic heterocycles. The van der Waals surface area contributed by atoms with E-state index >= 15 is 0 Å². The highest BCUT2D eigenvalue weighted by Gasteiger charge is 2.27. The SMILES string of the molecule is CCCCC/C=C\C/C=C\CCCCCCCCC(O)C(=O)NC(CS(=O)(=O)O)C(O)/C=C/CC/C=C/CCCCCC. The van der Waals surface area contributed by atoms with Crippen molar-refractivity contribution in [2.75, 3.05) is 5.75 Å². The summed E-state index contributed by atoms with van der Waals surface area (Å²) in [7, 11) is -4.45. The van der Waals surface area contributed by atoms with Crippen LogP contribution in [0.4, 0.5) is 0 Å². The number of hydrogen-bond acceptors (Lipinski definition) is 5. The number of aliphatic hydroxyl groups is 2. The predicted octanol–water partition coefficient (Wildman–Crippen LogP) is 8.15. The Morgan fingerprint density at radius 1 is 0.651 bits per heavy atom. The molecule has 3 unspecified atom stereocenters. The number of nitrogens with one attached hydrogen (secondary N) is 1. The summed E-state index contributed by atoms with van der Waals surface area (Å²) in [5, 5.41) is 23.2. The standard InChI is InChI=1S/C35H63NO6S/c1-3-5-7-9-11-13-15-16-17-18-19-20-22-24-26-28-30-34(38)35(39)36-32(31-43(40,41)42)33(37)29-27-25-23-21-14-12-10-8-6-4-2/h11,13-14,16-17,21,27,29,32-34,37-38H,3-10,12,15,18-20,22-26,28,30-31H2,1-2H3,(H,36,39)(H,40,41,42)/b13-11-,17-16-,21-14+,29-27+. The van der Waals surface area contributed by atoms with Gasteiger partial charge in [-0.15, -0.1) is 0 Å². The van der Waals surface area contributed by atoms with E-state index < -0.39 is 40.0 Å². The molecule has 0 saturated heterocycles. The Balaban J connectivity index is 4.21. The molecule has 7 nitrogen and oxygen atoms in total. The zero-order valence-corrected chi connectivity index (χ0v) is 28.0. The molecule has 0 aromatic rings. The molecule has 0 bridgehead atoms. The van der Waals surface area contributed by atoms with Gasteiger partial charge in [-0.2, -0.15) is 8.42 Å². The van der Waals surface area contributed by atoms with E-state index in [2.05, 4.69) is 55.6 Å². The van der Waals surface area contributed by atoms with Crippen molar-refractivity contribution in [2.24, 2.45) is 0 Å². The molecule has 0 rings (SSSR count). The number of aliphatic hydroxyl groups excluding tert-OH is 2. The van der Waals surface area contributed by atoms with E-state index in [-0.39, 0.29) is 6.42 Å². The van der Waals surface area contributed by atoms with Crippen molar-refractivity contribution in [3.05, 3.63) is 48.6 Å². The van der Waals surface area contributed by atoms with Gasteiger partial charge in [-0.25, -0.2) is 0 Å². The molecule has 0 radical (unpaired) electrons. The van der Waals surface area contributed by atoms with Gasteiger partial charge in [0.2, 0.25) is 5.91 Å². The zero-order chi connectivity index (χ0) is 32.0. The van der Waals surface area contributed by atoms with Gasteiger partial charge in [0.15, 0.2) is 0 Å². The van der Waals surface area contributed by atoms with Crippen LogP contribution in [-0.2, 0) is 14.9 Å². The normalized spacial score (nSPS) is 14.8. The predicted molar refractivity (Wildman–Crippen MR) is 181 cm³/mol. The van der Waals surface area contributed by atoms with Crippen molar-refractivity contribution in [1.29, 1.82) is 0 Å². The second-order valence-corrected chi connectivity index (χ2v) is 13.1. The fraction of sp³-hybridized carbons (Fsp3) is 0.743. The van der Waals surface area contributed by atoms with Gasteiger partial charge < -0.3 is 15.5 Å². The minimum absolute atomic E-state index is 0.260. The number of unbranched alkanes of at least 4 members (excludes halogenated alkanes) is 14. The van der Waals surface area contributed by atoms with E-state index in [4.69, 9.17) is 0 Å². The first-order valence-electron chi connectivity index (χ1n) is 16.9. The third-order valence-electron chi connectivity index (χ3n) is 7.34. The van der Waals surface area contributed by atoms with E-state index in [0.717, 1.165) is 57.8 Å². The van der Waals surface area contributed by atoms with Gasteiger partial charge in [0.1, 0.15) is 6.10 Å². The molecule has 0 aromatic carbocycles. The van der Waals surface area contributed by atoms with Crippen LogP contribution in [0.2, 0.25) is 0 Å². The van der Waals surface area contributed by atoms with Crippen molar-refractivity contribution in [3.8, 4) is 0 Å². The fourth-order valence-electron chi connectivity index (χ4n) is 4.68. The second-order valence-electron chi connectivity index (χ2n) is 11.6. The molecule has 8 heteroatoms. The summed E-state index contributed by atoms with van der Waals surface area (Å²) in [6.07, 6.45) is 34.6. The topological polar surface area (TPSA) is 124 Å². The maximum Gasteiger partial charge on any atom is 0.267 e. The van der Waals surface area contributed by atoms with Crippen molar-refractivity contribution in [2.45, 2.75) is 161 Å². The van der Waals surface area contributed by atoms with Gasteiger partial charge in [-0.05, 0) is 64.2 Å². The minimum atomic E-state index is -4.45. The molecule has 0 aliphatic carbocycles. The summed E-state index contributed by atoms with van der Waals surface area (Å²) in [4.78, 5) is 12.5. The van der Waals surface area contributed by atoms with Crippen LogP contribution in [0.15, 0.2) is 48.6 Å². The van der Waals surface area contributed by atoms with Gasteiger partial charge in [0, 0.05) is 0 Å². The van der Waals surface area contributed by atoms with Crippen LogP contribution >= 0.6 is 0 Å². The summed E-state index contributed by atoms with van der Waals surface area (Å²) in [5.74, 6) is -1.57. The highest BCUT2D eigenvalue weighted by molar-refractivity contribution is 7.85. The Kier molecular flexibility index (Phi) is 27.8. The number of amides is 1. The van der Waals surface area contributed by atoms with E-state index in [9.17, 15) is 28.0 Å². The number of rotatable bonds is 29. The average molecular weight is 626 g/mol. The van der Waals surface area contributed by atoms with E-state index in [1.54, 1.807) is 6.08 Å². The van der Waals surface area contributed by atoms with Crippen molar-refractivity contribution in [1.82, 2.24) is 5.32 Å². The number of hydrogen-bond donors (Lipinski definition) is 4. The summed E-state index contributed by atoms with van der Waals surface area (Å²) in [5.41, 5.74) is 0. The van der Waals surface area contributed by atoms with Gasteiger partial charge in [-0.3, -0.25) is 9.35 Å². The highest BCUT2D eigenvalue weighted by Crippen LogP contribution is 2.12. The fourth-order valence-corrected chi connectivity index (χ4v) is 5.41. The Morgan fingerprint density at radius 2 is 1.12 bits per heavy atom. The number of carbonyl (C=O) groups excluding carboxylic acids is 1. The first-order valence-corrected chi connectivity index (χ1v) is 18.6. The van der Waals surface area contributed by atoms with E-state index in [1.165, 1.54) is 57.4 Å². The monoisotopic (exact) mass is 625 g/mol. The molecule has 4 N–H and O–H groups in total. The maximum atomic E-state index is 12.5. The highest BCUT2D eigenvalue weighted by atomic mass is 32.2. The van der Waals surface area contributed by atoms with Crippen LogP contribution in [-0.4, -0.2) is 53.1 Å². The van der Waals surface area contributed by atoms with Gasteiger partial charge in [-0.1, -0.05) is 127 Å². The van der Waals surface area contributed by atoms with Crippen LogP contribution in [0.1, 0.15) is 142 Å². The lowest BCUT2D eigenvalue weighted by Gasteiger charge is -2.22. The van der Waals surface area contributed by atoms with Crippen LogP contribution in [0.3, 0.4) is 0 Å². The lowest BCUT2D eigenvalue weighted by Crippen LogP contribution is -2.50. The van der Waals surface area contributed by atoms with Crippen molar-refractivity contribution < 1.29 is 28.0 Å². The molecule has 0 spiro atoms. The zero-order valence-electron chi connectivity index (χ0n) is 27.2. The smallest absolute Gasteiger partial charge is 0.267 e. The lowest BCUT2D eigenvalue weighted by molar-refractivity contribution is -0.130. The van der Waals surface area contributed by atoms with Crippen LogP contribution in [0, 0.1) is 0 Å². The Morgan fingerprint density at radius 3 is 1.72 bits per heavy atom. The Bertz CT molecular complexity index is 881. The molecular formula is C35H63NO6S. The van der Waals surface area contributed by atoms with E-state index in [0.29, 0.717) is 12.8 Å². The second kappa shape index (κ2) is 29.0. The third-order valence-corrected chi connectivity index (χ3v) is 8.12. The quantitative estimate of drug-likeness (QED) is 0.0378. The Labute approximate surface area is 263 Å². The van der Waals surface area contributed by atoms with Crippen molar-refractivity contribution in [3.63, 3.8) is 0 Å². The summed E-state index contributed by atoms with van der Waals surface area (Å²) in [6.45, 7) is 4.41. The molecular weight excluding hydrogens is 562 g/mol. The molecule has 250 valence electrons. The summed E-state index contributed by atoms with van der Waals surface area (Å²) < 4.78 is 32.2. The van der Waals surface area contributed by atoms with Gasteiger partial charge in [0.25, 0.3) is 10.1 Å². The number of allylic oxidation sites excluding steroid dienone is 7. The summed E-state index contributed by atoms with van der Waals surface area (Å²) in [6, 6.07) is -1.25. The molecule has 0 aromatic heterocycles. The first-order chi connectivity index (χ1) is 20.7. The Hall–Kier alpha value is -1.74. The van der Waals surface area contributed by atoms with E-state index in [1.807, 2.05) is 0 Å². The molecule has 3 atom stereocenters. The van der Waals surface area contributed by atoms with Gasteiger partial charge >= 0.3 is 0 Å². The van der Waals surface area contributed by atoms with Crippen LogP contribution in [0.5, 0.6) is 0 Å². The molecule has 1 amide bonds. The minimum Gasteiger partial charge on any atom is -0.387 e. The summed E-state index contributed by atoms with van der Waals surface area (Å²) >= 11 is 0. The molecule has 43 heavy (non-hydrogen) atoms. The maximum absolute atomic E-state index is 12.5. The lowest BCUT2D eigenvalue weighted by atomic mass is 10.0. The van der Waals surface area contributed by atoms with Gasteiger partial charge in [0.05, 0.1) is 17.9 Å². The molecule has 0 heterocycles. The molecule has 0 aliphatic rings. The van der Waals surface area contributed by atoms with Crippen LogP contribution in [0.25, 0.3) is 0 Å². The first kappa shape index (κ1) is 41.3. The van der Waals surface area contributed by atoms with Crippen molar-refractivity contribution >= 4 is 16.0 Å². The molecule has 0 saturated carbocycles. The third kappa shape index (κ3) is 28.8. The average Bonchev–Trinajstić information content (AvgIpc) is 2.96. The van der Waals surface area contributed by atoms with Crippen LogP contribution < -0.4 is 5.32 Å². The largest absolute Gasteiger partial charge is 0.387 e. The number of carbonyl (C=O) groups is 1.